The van der Waals surface area contributed by atoms with Gasteiger partial charge >= 0.3 is 5.97 Å². The van der Waals surface area contributed by atoms with Gasteiger partial charge in [0.2, 0.25) is 0 Å². The van der Waals surface area contributed by atoms with Crippen LogP contribution in [0.15, 0.2) is 24.3 Å². The maximum Gasteiger partial charge on any atom is 0.305 e. The molecule has 4 rings (SSSR count). The summed E-state index contributed by atoms with van der Waals surface area (Å²) >= 11 is 0. The molecule has 7 nitrogen and oxygen atoms in total. The Bertz CT molecular complexity index is 1120. The minimum absolute atomic E-state index is 0.0226. The van der Waals surface area contributed by atoms with Gasteiger partial charge in [0.05, 0.1) is 17.6 Å². The fourth-order valence-corrected chi connectivity index (χ4v) is 3.43. The first-order valence-corrected chi connectivity index (χ1v) is 9.73. The van der Waals surface area contributed by atoms with Crippen molar-refractivity contribution in [3.05, 3.63) is 52.3 Å². The Morgan fingerprint density at radius 1 is 1.24 bits per heavy atom. The average Bonchev–Trinajstić information content (AvgIpc) is 3.35. The molecule has 0 radical (unpaired) electrons. The predicted octanol–water partition coefficient (Wildman–Crippen LogP) is 1.97. The number of ether oxygens (including phenoxy) is 1. The molecule has 0 aliphatic heterocycles. The van der Waals surface area contributed by atoms with Crippen LogP contribution in [-0.2, 0) is 16.0 Å². The summed E-state index contributed by atoms with van der Waals surface area (Å²) in [4.78, 5) is 16.0. The lowest BCUT2D eigenvalue weighted by Gasteiger charge is -2.08. The third-order valence-corrected chi connectivity index (χ3v) is 4.88. The number of nitrogens with one attached hydrogen (secondary N) is 2. The molecule has 150 valence electrons. The van der Waals surface area contributed by atoms with Crippen LogP contribution in [-0.4, -0.2) is 38.0 Å². The van der Waals surface area contributed by atoms with Crippen LogP contribution in [0, 0.1) is 5.82 Å². The number of halogens is 1. The number of aryl methyl sites for hydroxylation is 1. The summed E-state index contributed by atoms with van der Waals surface area (Å²) in [6.45, 7) is 2.19. The second-order valence-electron chi connectivity index (χ2n) is 6.92. The number of hydrogen-bond donors (Lipinski definition) is 2. The van der Waals surface area contributed by atoms with Gasteiger partial charge in [0.25, 0.3) is 0 Å². The Morgan fingerprint density at radius 2 is 2.07 bits per heavy atom. The molecule has 0 amide bonds. The fraction of sp³-hybridized carbons (Fsp3) is 0.333. The minimum Gasteiger partial charge on any atom is -0.466 e. The van der Waals surface area contributed by atoms with Gasteiger partial charge in [-0.25, -0.2) is 9.37 Å². The van der Waals surface area contributed by atoms with E-state index in [4.69, 9.17) is 4.74 Å². The topological polar surface area (TPSA) is 96.6 Å². The van der Waals surface area contributed by atoms with E-state index >= 15 is 0 Å². The molecule has 29 heavy (non-hydrogen) atoms. The molecule has 1 aliphatic rings. The summed E-state index contributed by atoms with van der Waals surface area (Å²) in [6.07, 6.45) is 6.61. The summed E-state index contributed by atoms with van der Waals surface area (Å²) in [5.41, 5.74) is 1.63. The van der Waals surface area contributed by atoms with Crippen molar-refractivity contribution >= 4 is 18.1 Å². The van der Waals surface area contributed by atoms with Crippen molar-refractivity contribution in [2.45, 2.75) is 38.5 Å². The number of fused-ring (bicyclic) bond motifs is 1. The number of aromatic amines is 2. The zero-order chi connectivity index (χ0) is 20.2. The standard InChI is InChI=1S/C21H22FN5O2/c1-2-29-19(28)5-3-4-18-23-21(27-25-18)14-8-11-17-16(12-14)20(26-24-17)13-6-9-15(22)10-7-13/h6-7,9-12,14,24H,2-5,8H2,1H3,(H,23,25,27). The summed E-state index contributed by atoms with van der Waals surface area (Å²) in [7, 11) is 0. The lowest BCUT2D eigenvalue weighted by Crippen LogP contribution is -2.28. The van der Waals surface area contributed by atoms with Gasteiger partial charge in [-0.3, -0.25) is 15.0 Å². The number of H-pyrrole nitrogens is 2. The first-order valence-electron chi connectivity index (χ1n) is 9.73. The Labute approximate surface area is 166 Å². The predicted molar refractivity (Wildman–Crippen MR) is 105 cm³/mol. The lowest BCUT2D eigenvalue weighted by atomic mass is 9.97. The average molecular weight is 395 g/mol. The van der Waals surface area contributed by atoms with Crippen LogP contribution in [0.3, 0.4) is 0 Å². The third kappa shape index (κ3) is 4.26. The molecule has 0 bridgehead atoms. The maximum absolute atomic E-state index is 13.2. The summed E-state index contributed by atoms with van der Waals surface area (Å²) in [5.74, 6) is 1.03. The Morgan fingerprint density at radius 3 is 2.86 bits per heavy atom. The van der Waals surface area contributed by atoms with Gasteiger partial charge in [0, 0.05) is 29.5 Å². The van der Waals surface area contributed by atoms with Crippen LogP contribution in [0.25, 0.3) is 23.4 Å². The van der Waals surface area contributed by atoms with Crippen LogP contribution in [0.2, 0.25) is 0 Å². The van der Waals surface area contributed by atoms with E-state index in [0.717, 1.165) is 34.1 Å². The molecule has 0 saturated heterocycles. The van der Waals surface area contributed by atoms with Crippen LogP contribution >= 0.6 is 0 Å². The molecule has 2 aromatic heterocycles. The monoisotopic (exact) mass is 395 g/mol. The van der Waals surface area contributed by atoms with E-state index in [1.165, 1.54) is 12.1 Å². The number of nitrogens with zero attached hydrogens (tertiary/aromatic N) is 3. The van der Waals surface area contributed by atoms with Gasteiger partial charge in [0.15, 0.2) is 5.82 Å². The first-order chi connectivity index (χ1) is 14.1. The Hall–Kier alpha value is -3.29. The molecular weight excluding hydrogens is 373 g/mol. The van der Waals surface area contributed by atoms with Gasteiger partial charge < -0.3 is 4.74 Å². The summed E-state index contributed by atoms with van der Waals surface area (Å²) in [5, 5.41) is 16.7. The number of rotatable bonds is 7. The third-order valence-electron chi connectivity index (χ3n) is 4.88. The van der Waals surface area contributed by atoms with Crippen LogP contribution in [0.4, 0.5) is 4.39 Å². The van der Waals surface area contributed by atoms with Crippen molar-refractivity contribution in [2.24, 2.45) is 0 Å². The van der Waals surface area contributed by atoms with Gasteiger partial charge in [0.1, 0.15) is 11.6 Å². The zero-order valence-electron chi connectivity index (χ0n) is 16.1. The van der Waals surface area contributed by atoms with Gasteiger partial charge in [-0.15, -0.1) is 0 Å². The van der Waals surface area contributed by atoms with Crippen LogP contribution in [0.5, 0.6) is 0 Å². The van der Waals surface area contributed by atoms with Crippen LogP contribution < -0.4 is 10.6 Å². The Balaban J connectivity index is 1.50. The molecule has 1 aliphatic carbocycles. The smallest absolute Gasteiger partial charge is 0.305 e. The molecule has 2 N–H and O–H groups in total. The van der Waals surface area contributed by atoms with Gasteiger partial charge in [-0.2, -0.15) is 10.2 Å². The summed E-state index contributed by atoms with van der Waals surface area (Å²) in [6, 6.07) is 6.30. The minimum atomic E-state index is -0.275. The molecule has 8 heteroatoms. The van der Waals surface area contributed by atoms with Crippen LogP contribution in [0.1, 0.15) is 43.8 Å². The van der Waals surface area contributed by atoms with Crippen molar-refractivity contribution in [3.8, 4) is 11.3 Å². The van der Waals surface area contributed by atoms with E-state index in [9.17, 15) is 9.18 Å². The van der Waals surface area contributed by atoms with E-state index in [-0.39, 0.29) is 17.7 Å². The van der Waals surface area contributed by atoms with Crippen molar-refractivity contribution in [2.75, 3.05) is 6.61 Å². The van der Waals surface area contributed by atoms with Crippen molar-refractivity contribution in [3.63, 3.8) is 0 Å². The van der Waals surface area contributed by atoms with Gasteiger partial charge in [-0.05, 0) is 44.0 Å². The molecule has 3 aromatic rings. The molecule has 1 unspecified atom stereocenters. The molecule has 1 atom stereocenters. The highest BCUT2D eigenvalue weighted by atomic mass is 19.1. The second kappa shape index (κ2) is 8.38. The zero-order valence-corrected chi connectivity index (χ0v) is 16.1. The molecule has 0 fully saturated rings. The number of carbonyl (C=O) groups is 1. The van der Waals surface area contributed by atoms with Gasteiger partial charge in [-0.1, -0.05) is 12.2 Å². The van der Waals surface area contributed by atoms with E-state index in [1.807, 2.05) is 0 Å². The maximum atomic E-state index is 13.2. The molecule has 2 heterocycles. The summed E-state index contributed by atoms with van der Waals surface area (Å²) < 4.78 is 18.2. The van der Waals surface area contributed by atoms with Crippen molar-refractivity contribution < 1.29 is 13.9 Å². The highest BCUT2D eigenvalue weighted by Crippen LogP contribution is 2.21. The number of carbonyl (C=O) groups excluding carboxylic acids is 1. The second-order valence-corrected chi connectivity index (χ2v) is 6.92. The Kier molecular flexibility index (Phi) is 5.50. The first kappa shape index (κ1) is 19.0. The molecule has 0 spiro atoms. The number of esters is 1. The van der Waals surface area contributed by atoms with E-state index in [1.54, 1.807) is 19.1 Å². The van der Waals surface area contributed by atoms with Crippen molar-refractivity contribution in [1.29, 1.82) is 0 Å². The highest BCUT2D eigenvalue weighted by molar-refractivity contribution is 5.69. The fourth-order valence-electron chi connectivity index (χ4n) is 3.43. The normalized spacial score (nSPS) is 15.3. The quantitative estimate of drug-likeness (QED) is 0.596. The largest absolute Gasteiger partial charge is 0.466 e. The number of benzene rings is 1. The SMILES string of the molecule is CCOC(=O)CCCc1nc(C2C=c3c(-c4ccc(F)cc4)n[nH]c3=CC2)n[nH]1. The lowest BCUT2D eigenvalue weighted by molar-refractivity contribution is -0.143. The van der Waals surface area contributed by atoms with E-state index in [0.29, 0.717) is 31.7 Å². The molecular formula is C21H22FN5O2. The number of aromatic nitrogens is 5. The molecule has 0 saturated carbocycles. The number of hydrogen-bond acceptors (Lipinski definition) is 5. The molecule has 1 aromatic carbocycles. The van der Waals surface area contributed by atoms with Crippen molar-refractivity contribution in [1.82, 2.24) is 25.4 Å². The highest BCUT2D eigenvalue weighted by Gasteiger charge is 2.18. The van der Waals surface area contributed by atoms with E-state index in [2.05, 4.69) is 37.5 Å². The van der Waals surface area contributed by atoms with E-state index < -0.39 is 0 Å².